The van der Waals surface area contributed by atoms with E-state index in [0.29, 0.717) is 24.3 Å². The minimum Gasteiger partial charge on any atom is -0.341 e. The van der Waals surface area contributed by atoms with Crippen molar-refractivity contribution < 1.29 is 13.2 Å². The average Bonchev–Trinajstić information content (AvgIpc) is 3.29. The summed E-state index contributed by atoms with van der Waals surface area (Å²) in [5.41, 5.74) is 1.18. The molecule has 33 heavy (non-hydrogen) atoms. The summed E-state index contributed by atoms with van der Waals surface area (Å²) in [6.45, 7) is 3.09. The number of hydrogen-bond acceptors (Lipinski definition) is 4. The number of nitrogens with one attached hydrogen (secondary N) is 1. The minimum absolute atomic E-state index is 0.159. The zero-order valence-corrected chi connectivity index (χ0v) is 21.5. The first kappa shape index (κ1) is 25.0. The number of benzene rings is 1. The zero-order chi connectivity index (χ0) is 23.6. The first-order chi connectivity index (χ1) is 15.7. The van der Waals surface area contributed by atoms with E-state index < -0.39 is 10.0 Å². The van der Waals surface area contributed by atoms with E-state index in [1.807, 2.05) is 24.3 Å². The second-order valence-corrected chi connectivity index (χ2v) is 12.8. The predicted molar refractivity (Wildman–Crippen MR) is 133 cm³/mol. The number of nitrogens with zero attached hydrogens (tertiary/aromatic N) is 2. The smallest absolute Gasteiger partial charge is 0.240 e. The fraction of sp³-hybridized carbons (Fsp3) is 0.720. The van der Waals surface area contributed by atoms with Gasteiger partial charge in [-0.3, -0.25) is 4.79 Å². The van der Waals surface area contributed by atoms with Crippen LogP contribution in [0, 0.1) is 17.8 Å². The van der Waals surface area contributed by atoms with Crippen LogP contribution in [0.5, 0.6) is 0 Å². The number of sulfonamides is 1. The van der Waals surface area contributed by atoms with Crippen LogP contribution in [0.2, 0.25) is 5.02 Å². The first-order valence-electron chi connectivity index (χ1n) is 12.4. The van der Waals surface area contributed by atoms with Gasteiger partial charge >= 0.3 is 0 Å². The van der Waals surface area contributed by atoms with Crippen molar-refractivity contribution in [3.8, 4) is 0 Å². The lowest BCUT2D eigenvalue weighted by Crippen LogP contribution is -2.50. The van der Waals surface area contributed by atoms with E-state index in [9.17, 15) is 13.2 Å². The maximum atomic E-state index is 13.4. The third kappa shape index (κ3) is 5.92. The fourth-order valence-electron chi connectivity index (χ4n) is 6.33. The number of amides is 1. The summed E-state index contributed by atoms with van der Waals surface area (Å²) in [6, 6.07) is 7.74. The Morgan fingerprint density at radius 2 is 1.76 bits per heavy atom. The maximum absolute atomic E-state index is 13.4. The van der Waals surface area contributed by atoms with Crippen LogP contribution in [0.3, 0.4) is 0 Å². The molecule has 1 saturated carbocycles. The van der Waals surface area contributed by atoms with E-state index in [-0.39, 0.29) is 17.9 Å². The molecule has 2 unspecified atom stereocenters. The van der Waals surface area contributed by atoms with Crippen molar-refractivity contribution >= 4 is 27.5 Å². The Morgan fingerprint density at radius 3 is 2.42 bits per heavy atom. The van der Waals surface area contributed by atoms with E-state index in [1.54, 1.807) is 7.05 Å². The molecule has 0 aromatic heterocycles. The number of carbonyl (C=O) groups excluding carboxylic acids is 1. The van der Waals surface area contributed by atoms with E-state index in [2.05, 4.69) is 10.2 Å². The van der Waals surface area contributed by atoms with Crippen LogP contribution in [0.1, 0.15) is 56.4 Å². The molecule has 3 aliphatic rings. The summed E-state index contributed by atoms with van der Waals surface area (Å²) < 4.78 is 25.4. The molecule has 8 heteroatoms. The minimum atomic E-state index is -3.15. The summed E-state index contributed by atoms with van der Waals surface area (Å²) in [6.07, 6.45) is 9.02. The fourth-order valence-corrected chi connectivity index (χ4v) is 6.91. The monoisotopic (exact) mass is 495 g/mol. The van der Waals surface area contributed by atoms with Crippen LogP contribution in [0.25, 0.3) is 0 Å². The molecule has 3 fully saturated rings. The summed E-state index contributed by atoms with van der Waals surface area (Å²) in [7, 11) is -1.45. The van der Waals surface area contributed by atoms with Crippen molar-refractivity contribution in [3.05, 3.63) is 34.9 Å². The standard InChI is InChI=1S/C25H38ClN3O3S/c1-28(33(2,31)32)17-20-5-3-4-6-22(20)19-12-15-29(16-13-19)25(30)24-23(11-14-27-24)18-7-9-21(26)10-8-18/h7-10,19-20,22-24,27H,3-6,11-17H2,1-2H3/t20?,22?,23-,24+/m1/s1. The molecule has 4 atom stereocenters. The van der Waals surface area contributed by atoms with Crippen molar-refractivity contribution in [2.45, 2.75) is 56.9 Å². The van der Waals surface area contributed by atoms with Crippen molar-refractivity contribution in [3.63, 3.8) is 0 Å². The highest BCUT2D eigenvalue weighted by molar-refractivity contribution is 7.88. The molecule has 2 saturated heterocycles. The van der Waals surface area contributed by atoms with Crippen LogP contribution >= 0.6 is 11.6 Å². The van der Waals surface area contributed by atoms with Crippen LogP contribution in [-0.2, 0) is 14.8 Å². The van der Waals surface area contributed by atoms with Gasteiger partial charge in [0.1, 0.15) is 0 Å². The molecular weight excluding hydrogens is 458 g/mol. The molecule has 2 aliphatic heterocycles. The topological polar surface area (TPSA) is 69.7 Å². The summed E-state index contributed by atoms with van der Waals surface area (Å²) >= 11 is 6.05. The molecule has 0 spiro atoms. The van der Waals surface area contributed by atoms with Gasteiger partial charge in [0.2, 0.25) is 15.9 Å². The maximum Gasteiger partial charge on any atom is 0.240 e. The second-order valence-electron chi connectivity index (χ2n) is 10.3. The molecule has 184 valence electrons. The highest BCUT2D eigenvalue weighted by Gasteiger charge is 2.40. The van der Waals surface area contributed by atoms with Crippen LogP contribution in [0.15, 0.2) is 24.3 Å². The Morgan fingerprint density at radius 1 is 1.09 bits per heavy atom. The molecule has 1 aromatic carbocycles. The van der Waals surface area contributed by atoms with Crippen molar-refractivity contribution in [1.29, 1.82) is 0 Å². The van der Waals surface area contributed by atoms with E-state index in [1.165, 1.54) is 35.4 Å². The van der Waals surface area contributed by atoms with E-state index in [0.717, 1.165) is 50.3 Å². The average molecular weight is 496 g/mol. The SMILES string of the molecule is CN(CC1CCCCC1C1CCN(C(=O)[C@H]2NCC[C@@H]2c2ccc(Cl)cc2)CC1)S(C)(=O)=O. The molecule has 1 N–H and O–H groups in total. The molecule has 2 heterocycles. The Labute approximate surface area is 204 Å². The lowest BCUT2D eigenvalue weighted by atomic mass is 9.69. The number of carbonyl (C=O) groups is 1. The van der Waals surface area contributed by atoms with Gasteiger partial charge in [0.05, 0.1) is 12.3 Å². The molecule has 0 radical (unpaired) electrons. The Hall–Kier alpha value is -1.15. The van der Waals surface area contributed by atoms with Crippen LogP contribution in [-0.4, -0.2) is 69.1 Å². The predicted octanol–water partition coefficient (Wildman–Crippen LogP) is 3.72. The van der Waals surface area contributed by atoms with E-state index >= 15 is 0 Å². The van der Waals surface area contributed by atoms with E-state index in [4.69, 9.17) is 11.6 Å². The molecule has 1 aromatic rings. The molecule has 4 rings (SSSR count). The summed E-state index contributed by atoms with van der Waals surface area (Å²) in [5, 5.41) is 4.17. The van der Waals surface area contributed by atoms with Crippen LogP contribution < -0.4 is 5.32 Å². The Bertz CT molecular complexity index is 915. The van der Waals surface area contributed by atoms with Gasteiger partial charge in [-0.1, -0.05) is 36.6 Å². The van der Waals surface area contributed by atoms with Gasteiger partial charge < -0.3 is 10.2 Å². The molecule has 6 nitrogen and oxygen atoms in total. The third-order valence-corrected chi connectivity index (χ3v) is 9.80. The van der Waals surface area contributed by atoms with Gasteiger partial charge in [-0.15, -0.1) is 0 Å². The van der Waals surface area contributed by atoms with Crippen molar-refractivity contribution in [2.75, 3.05) is 39.5 Å². The van der Waals surface area contributed by atoms with Gasteiger partial charge in [-0.05, 0) is 74.1 Å². The highest BCUT2D eigenvalue weighted by Crippen LogP contribution is 2.40. The quantitative estimate of drug-likeness (QED) is 0.653. The summed E-state index contributed by atoms with van der Waals surface area (Å²) in [4.78, 5) is 15.5. The number of rotatable bonds is 6. The second kappa shape index (κ2) is 10.6. The Kier molecular flexibility index (Phi) is 8.04. The lowest BCUT2D eigenvalue weighted by molar-refractivity contribution is -0.135. The normalized spacial score (nSPS) is 29.5. The zero-order valence-electron chi connectivity index (χ0n) is 19.9. The van der Waals surface area contributed by atoms with Crippen molar-refractivity contribution in [2.24, 2.45) is 17.8 Å². The van der Waals surface area contributed by atoms with Crippen molar-refractivity contribution in [1.82, 2.24) is 14.5 Å². The number of hydrogen-bond donors (Lipinski definition) is 1. The first-order valence-corrected chi connectivity index (χ1v) is 14.7. The van der Waals surface area contributed by atoms with Gasteiger partial charge in [-0.2, -0.15) is 0 Å². The number of piperidine rings is 1. The largest absolute Gasteiger partial charge is 0.341 e. The summed E-state index contributed by atoms with van der Waals surface area (Å²) in [5.74, 6) is 1.99. The lowest BCUT2D eigenvalue weighted by Gasteiger charge is -2.43. The molecule has 1 aliphatic carbocycles. The van der Waals surface area contributed by atoms with Gasteiger partial charge in [0, 0.05) is 37.6 Å². The molecular formula is C25H38ClN3O3S. The highest BCUT2D eigenvalue weighted by atomic mass is 35.5. The number of halogens is 1. The molecule has 0 bridgehead atoms. The van der Waals surface area contributed by atoms with Gasteiger partial charge in [0.15, 0.2) is 0 Å². The molecule has 1 amide bonds. The van der Waals surface area contributed by atoms with Gasteiger partial charge in [0.25, 0.3) is 0 Å². The third-order valence-electron chi connectivity index (χ3n) is 8.27. The van der Waals surface area contributed by atoms with Gasteiger partial charge in [-0.25, -0.2) is 12.7 Å². The Balaban J connectivity index is 1.35. The van der Waals surface area contributed by atoms with Crippen LogP contribution in [0.4, 0.5) is 0 Å². The number of likely N-dealkylation sites (tertiary alicyclic amines) is 1.